The zero-order valence-electron chi connectivity index (χ0n) is 14.3. The lowest BCUT2D eigenvalue weighted by molar-refractivity contribution is 0.0705. The molecule has 0 radical (unpaired) electrons. The van der Waals surface area contributed by atoms with Crippen LogP contribution >= 0.6 is 11.3 Å². The highest BCUT2D eigenvalue weighted by atomic mass is 32.1. The van der Waals surface area contributed by atoms with E-state index >= 15 is 0 Å². The number of nitrogens with one attached hydrogen (secondary N) is 2. The van der Waals surface area contributed by atoms with Crippen LogP contribution in [0.3, 0.4) is 0 Å². The van der Waals surface area contributed by atoms with Gasteiger partial charge in [-0.25, -0.2) is 5.48 Å². The van der Waals surface area contributed by atoms with Crippen molar-refractivity contribution in [3.05, 3.63) is 64.5 Å². The molecule has 134 valence electrons. The zero-order chi connectivity index (χ0) is 18.7. The van der Waals surface area contributed by atoms with E-state index in [1.807, 2.05) is 37.3 Å². The van der Waals surface area contributed by atoms with Crippen LogP contribution in [0.15, 0.2) is 48.5 Å². The van der Waals surface area contributed by atoms with Crippen molar-refractivity contribution in [1.82, 2.24) is 10.8 Å². The van der Waals surface area contributed by atoms with Crippen LogP contribution in [-0.2, 0) is 0 Å². The lowest BCUT2D eigenvalue weighted by atomic mass is 10.0. The summed E-state index contributed by atoms with van der Waals surface area (Å²) in [6, 6.07) is 14.1. The molecule has 2 aromatic carbocycles. The van der Waals surface area contributed by atoms with Gasteiger partial charge < -0.3 is 10.1 Å². The van der Waals surface area contributed by atoms with Crippen LogP contribution in [0.1, 0.15) is 38.6 Å². The summed E-state index contributed by atoms with van der Waals surface area (Å²) < 4.78 is 6.38. The lowest BCUT2D eigenvalue weighted by Gasteiger charge is -2.17. The summed E-state index contributed by atoms with van der Waals surface area (Å²) in [5, 5.41) is 12.7. The van der Waals surface area contributed by atoms with Gasteiger partial charge in [-0.15, -0.1) is 11.3 Å². The van der Waals surface area contributed by atoms with Crippen molar-refractivity contribution < 1.29 is 19.5 Å². The first-order valence-corrected chi connectivity index (χ1v) is 8.77. The highest BCUT2D eigenvalue weighted by Gasteiger charge is 2.18. The minimum atomic E-state index is -0.628. The summed E-state index contributed by atoms with van der Waals surface area (Å²) in [7, 11) is 1.49. The molecular formula is C19H18N2O4S. The molecule has 1 heterocycles. The van der Waals surface area contributed by atoms with Crippen LogP contribution < -0.4 is 15.5 Å². The Bertz CT molecular complexity index is 934. The quantitative estimate of drug-likeness (QED) is 0.474. The summed E-state index contributed by atoms with van der Waals surface area (Å²) in [4.78, 5) is 24.7. The Morgan fingerprint density at radius 3 is 2.58 bits per heavy atom. The summed E-state index contributed by atoms with van der Waals surface area (Å²) in [6.45, 7) is 1.84. The Hall–Kier alpha value is -2.90. The molecule has 3 N–H and O–H groups in total. The van der Waals surface area contributed by atoms with Crippen molar-refractivity contribution in [2.24, 2.45) is 0 Å². The van der Waals surface area contributed by atoms with E-state index in [4.69, 9.17) is 9.94 Å². The number of ether oxygens (including phenoxy) is 1. The Morgan fingerprint density at radius 1 is 1.12 bits per heavy atom. The van der Waals surface area contributed by atoms with Crippen LogP contribution in [0.2, 0.25) is 0 Å². The van der Waals surface area contributed by atoms with Crippen LogP contribution in [0.25, 0.3) is 10.1 Å². The van der Waals surface area contributed by atoms with Gasteiger partial charge in [0.15, 0.2) is 0 Å². The van der Waals surface area contributed by atoms with E-state index < -0.39 is 5.91 Å². The summed E-state index contributed by atoms with van der Waals surface area (Å²) in [5.74, 6) is -0.343. The van der Waals surface area contributed by atoms with E-state index in [-0.39, 0.29) is 17.5 Å². The van der Waals surface area contributed by atoms with Gasteiger partial charge in [0.1, 0.15) is 5.75 Å². The van der Waals surface area contributed by atoms with E-state index in [0.29, 0.717) is 10.6 Å². The molecule has 1 atom stereocenters. The third-order valence-corrected chi connectivity index (χ3v) is 5.18. The first-order chi connectivity index (χ1) is 12.5. The van der Waals surface area contributed by atoms with Crippen LogP contribution in [0.5, 0.6) is 5.75 Å². The number of amides is 2. The van der Waals surface area contributed by atoms with Crippen molar-refractivity contribution in [2.45, 2.75) is 13.0 Å². The van der Waals surface area contributed by atoms with Gasteiger partial charge in [-0.3, -0.25) is 14.8 Å². The van der Waals surface area contributed by atoms with Crippen molar-refractivity contribution in [1.29, 1.82) is 0 Å². The number of thiophene rings is 1. The zero-order valence-corrected chi connectivity index (χ0v) is 15.1. The molecule has 0 saturated heterocycles. The molecule has 1 aromatic heterocycles. The van der Waals surface area contributed by atoms with E-state index in [1.165, 1.54) is 24.5 Å². The summed E-state index contributed by atoms with van der Waals surface area (Å²) >= 11 is 1.44. The van der Waals surface area contributed by atoms with Gasteiger partial charge in [-0.1, -0.05) is 24.3 Å². The predicted octanol–water partition coefficient (Wildman–Crippen LogP) is 3.52. The van der Waals surface area contributed by atoms with E-state index in [1.54, 1.807) is 17.6 Å². The van der Waals surface area contributed by atoms with Crippen LogP contribution in [0.4, 0.5) is 0 Å². The Labute approximate surface area is 154 Å². The molecule has 3 aromatic rings. The van der Waals surface area contributed by atoms with Gasteiger partial charge in [0.2, 0.25) is 0 Å². The number of methoxy groups -OCH3 is 1. The molecule has 2 amide bonds. The normalized spacial score (nSPS) is 11.8. The topological polar surface area (TPSA) is 87.7 Å². The molecule has 0 bridgehead atoms. The fourth-order valence-electron chi connectivity index (χ4n) is 2.71. The molecule has 0 spiro atoms. The van der Waals surface area contributed by atoms with Gasteiger partial charge in [0.05, 0.1) is 18.0 Å². The smallest absolute Gasteiger partial charge is 0.274 e. The van der Waals surface area contributed by atoms with Gasteiger partial charge in [-0.2, -0.15) is 0 Å². The highest BCUT2D eigenvalue weighted by molar-refractivity contribution is 7.20. The third-order valence-electron chi connectivity index (χ3n) is 4.06. The second kappa shape index (κ2) is 7.55. The molecule has 26 heavy (non-hydrogen) atoms. The maximum Gasteiger partial charge on any atom is 0.274 e. The molecule has 0 aliphatic carbocycles. The maximum absolute atomic E-state index is 12.6. The molecule has 3 rings (SSSR count). The number of rotatable bonds is 5. The first kappa shape index (κ1) is 17.9. The average molecular weight is 370 g/mol. The van der Waals surface area contributed by atoms with Crippen molar-refractivity contribution in [2.75, 3.05) is 7.11 Å². The van der Waals surface area contributed by atoms with Crippen molar-refractivity contribution >= 4 is 33.2 Å². The second-order valence-corrected chi connectivity index (χ2v) is 6.83. The molecule has 0 saturated carbocycles. The van der Waals surface area contributed by atoms with Gasteiger partial charge in [0.25, 0.3) is 11.8 Å². The Balaban J connectivity index is 1.81. The van der Waals surface area contributed by atoms with Crippen LogP contribution in [0, 0.1) is 0 Å². The number of hydrogen-bond acceptors (Lipinski definition) is 5. The van der Waals surface area contributed by atoms with Crippen LogP contribution in [-0.4, -0.2) is 24.1 Å². The molecular weight excluding hydrogens is 352 g/mol. The SMILES string of the molecule is COc1cc(C(=O)NO)ccc1C(C)NC(=O)c1cc2ccccc2s1. The largest absolute Gasteiger partial charge is 0.496 e. The molecule has 0 aliphatic heterocycles. The summed E-state index contributed by atoms with van der Waals surface area (Å²) in [5.41, 5.74) is 2.58. The van der Waals surface area contributed by atoms with E-state index in [2.05, 4.69) is 5.32 Å². The molecule has 0 aliphatic rings. The van der Waals surface area contributed by atoms with Crippen molar-refractivity contribution in [3.63, 3.8) is 0 Å². The first-order valence-electron chi connectivity index (χ1n) is 7.95. The molecule has 0 fully saturated rings. The standard InChI is InChI=1S/C19H18N2O4S/c1-11(14-8-7-13(18(22)21-24)9-15(14)25-2)20-19(23)17-10-12-5-3-4-6-16(12)26-17/h3-11,24H,1-2H3,(H,20,23)(H,21,22). The van der Waals surface area contributed by atoms with E-state index in [0.717, 1.165) is 15.6 Å². The Morgan fingerprint density at radius 2 is 1.88 bits per heavy atom. The minimum Gasteiger partial charge on any atom is -0.496 e. The van der Waals surface area contributed by atoms with Gasteiger partial charge in [-0.05, 0) is 36.6 Å². The number of benzene rings is 2. The highest BCUT2D eigenvalue weighted by Crippen LogP contribution is 2.28. The Kier molecular flexibility index (Phi) is 5.20. The monoisotopic (exact) mass is 370 g/mol. The fourth-order valence-corrected chi connectivity index (χ4v) is 3.68. The fraction of sp³-hybridized carbons (Fsp3) is 0.158. The van der Waals surface area contributed by atoms with E-state index in [9.17, 15) is 9.59 Å². The number of fused-ring (bicyclic) bond motifs is 1. The molecule has 1 unspecified atom stereocenters. The van der Waals surface area contributed by atoms with Crippen molar-refractivity contribution in [3.8, 4) is 5.75 Å². The number of carbonyl (C=O) groups is 2. The maximum atomic E-state index is 12.6. The van der Waals surface area contributed by atoms with Gasteiger partial charge >= 0.3 is 0 Å². The number of hydroxylamine groups is 1. The average Bonchev–Trinajstić information content (AvgIpc) is 3.11. The molecule has 6 nitrogen and oxygen atoms in total. The number of carbonyl (C=O) groups excluding carboxylic acids is 2. The van der Waals surface area contributed by atoms with Gasteiger partial charge in [0, 0.05) is 15.8 Å². The lowest BCUT2D eigenvalue weighted by Crippen LogP contribution is -2.26. The third kappa shape index (κ3) is 3.54. The second-order valence-electron chi connectivity index (χ2n) is 5.74. The number of hydrogen-bond donors (Lipinski definition) is 3. The summed E-state index contributed by atoms with van der Waals surface area (Å²) in [6.07, 6.45) is 0. The minimum absolute atomic E-state index is 0.169. The predicted molar refractivity (Wildman–Crippen MR) is 100.0 cm³/mol. The molecule has 7 heteroatoms.